The number of ether oxygens (including phenoxy) is 1. The molecular weight excluding hydrogens is 216 g/mol. The molecule has 0 aliphatic rings. The van der Waals surface area contributed by atoms with Gasteiger partial charge in [-0.1, -0.05) is 18.2 Å². The highest BCUT2D eigenvalue weighted by molar-refractivity contribution is 7.86. The smallest absolute Gasteiger partial charge is 0.299 e. The van der Waals surface area contributed by atoms with Crippen LogP contribution in [-0.4, -0.2) is 21.8 Å². The zero-order valence-electron chi connectivity index (χ0n) is 8.93. The Balaban J connectivity index is 3.02. The lowest BCUT2D eigenvalue weighted by atomic mass is 10.2. The van der Waals surface area contributed by atoms with Crippen molar-refractivity contribution in [3.63, 3.8) is 0 Å². The fourth-order valence-corrected chi connectivity index (χ4v) is 2.35. The van der Waals surface area contributed by atoms with Crippen molar-refractivity contribution in [1.29, 1.82) is 0 Å². The maximum absolute atomic E-state index is 11.7. The Morgan fingerprint density at radius 1 is 1.27 bits per heavy atom. The van der Waals surface area contributed by atoms with E-state index in [1.54, 1.807) is 25.1 Å². The van der Waals surface area contributed by atoms with E-state index in [0.29, 0.717) is 5.56 Å². The first-order valence-corrected chi connectivity index (χ1v) is 5.90. The van der Waals surface area contributed by atoms with Gasteiger partial charge in [0.2, 0.25) is 0 Å². The summed E-state index contributed by atoms with van der Waals surface area (Å²) in [6.07, 6.45) is -0.783. The molecule has 0 saturated heterocycles. The molecule has 0 aliphatic heterocycles. The standard InChI is InChI=1S/C10H14O4S/c1-8-6-4-5-7-10(8)15(11,12)14-9(2)13-3/h4-7,9H,1-3H3. The molecule has 4 nitrogen and oxygen atoms in total. The average molecular weight is 230 g/mol. The number of aryl methyl sites for hydroxylation is 1. The molecule has 0 fully saturated rings. The molecular formula is C10H14O4S. The highest BCUT2D eigenvalue weighted by Gasteiger charge is 2.20. The van der Waals surface area contributed by atoms with Gasteiger partial charge in [0, 0.05) is 7.11 Å². The second kappa shape index (κ2) is 4.74. The van der Waals surface area contributed by atoms with Crippen molar-refractivity contribution in [3.8, 4) is 0 Å². The SMILES string of the molecule is COC(C)OS(=O)(=O)c1ccccc1C. The van der Waals surface area contributed by atoms with E-state index < -0.39 is 16.4 Å². The van der Waals surface area contributed by atoms with Crippen LogP contribution >= 0.6 is 0 Å². The van der Waals surface area contributed by atoms with Crippen LogP contribution in [0.1, 0.15) is 12.5 Å². The first kappa shape index (κ1) is 12.2. The van der Waals surface area contributed by atoms with E-state index in [9.17, 15) is 8.42 Å². The summed E-state index contributed by atoms with van der Waals surface area (Å²) in [5.74, 6) is 0. The number of benzene rings is 1. The summed E-state index contributed by atoms with van der Waals surface area (Å²) in [5, 5.41) is 0. The largest absolute Gasteiger partial charge is 0.355 e. The molecule has 1 aromatic carbocycles. The van der Waals surface area contributed by atoms with Gasteiger partial charge in [-0.2, -0.15) is 8.42 Å². The molecule has 0 heterocycles. The average Bonchev–Trinajstić information content (AvgIpc) is 2.17. The van der Waals surface area contributed by atoms with E-state index in [1.807, 2.05) is 0 Å². The van der Waals surface area contributed by atoms with Crippen LogP contribution in [0, 0.1) is 6.92 Å². The third kappa shape index (κ3) is 3.02. The molecule has 0 aromatic heterocycles. The van der Waals surface area contributed by atoms with Crippen molar-refractivity contribution in [2.24, 2.45) is 0 Å². The van der Waals surface area contributed by atoms with Gasteiger partial charge >= 0.3 is 0 Å². The van der Waals surface area contributed by atoms with Crippen molar-refractivity contribution < 1.29 is 17.3 Å². The molecule has 0 N–H and O–H groups in total. The summed E-state index contributed by atoms with van der Waals surface area (Å²) < 4.78 is 33.0. The molecule has 1 rings (SSSR count). The fourth-order valence-electron chi connectivity index (χ4n) is 1.11. The molecule has 0 radical (unpaired) electrons. The normalized spacial score (nSPS) is 13.8. The third-order valence-electron chi connectivity index (χ3n) is 1.96. The first-order chi connectivity index (χ1) is 6.97. The van der Waals surface area contributed by atoms with Gasteiger partial charge in [-0.25, -0.2) is 4.18 Å². The molecule has 0 bridgehead atoms. The number of hydrogen-bond acceptors (Lipinski definition) is 4. The van der Waals surface area contributed by atoms with Crippen LogP contribution in [0.15, 0.2) is 29.2 Å². The minimum atomic E-state index is -3.73. The zero-order valence-corrected chi connectivity index (χ0v) is 9.74. The predicted molar refractivity (Wildman–Crippen MR) is 55.9 cm³/mol. The lowest BCUT2D eigenvalue weighted by Crippen LogP contribution is -2.17. The molecule has 1 unspecified atom stereocenters. The Bertz CT molecular complexity index is 425. The van der Waals surface area contributed by atoms with Crippen LogP contribution in [0.4, 0.5) is 0 Å². The van der Waals surface area contributed by atoms with Crippen LogP contribution in [0.2, 0.25) is 0 Å². The topological polar surface area (TPSA) is 52.6 Å². The maximum Gasteiger partial charge on any atom is 0.299 e. The monoisotopic (exact) mass is 230 g/mol. The minimum absolute atomic E-state index is 0.175. The Morgan fingerprint density at radius 3 is 2.40 bits per heavy atom. The van der Waals surface area contributed by atoms with E-state index in [4.69, 9.17) is 8.92 Å². The summed E-state index contributed by atoms with van der Waals surface area (Å²) in [7, 11) is -2.34. The van der Waals surface area contributed by atoms with Gasteiger partial charge in [0.15, 0.2) is 6.29 Å². The van der Waals surface area contributed by atoms with Gasteiger partial charge in [0.25, 0.3) is 10.1 Å². The summed E-state index contributed by atoms with van der Waals surface area (Å²) in [4.78, 5) is 0.175. The summed E-state index contributed by atoms with van der Waals surface area (Å²) >= 11 is 0. The van der Waals surface area contributed by atoms with Gasteiger partial charge in [-0.15, -0.1) is 0 Å². The Hall–Kier alpha value is -0.910. The van der Waals surface area contributed by atoms with E-state index in [-0.39, 0.29) is 4.90 Å². The van der Waals surface area contributed by atoms with Crippen molar-refractivity contribution >= 4 is 10.1 Å². The Kier molecular flexibility index (Phi) is 3.84. The van der Waals surface area contributed by atoms with Gasteiger partial charge in [-0.05, 0) is 25.5 Å². The quantitative estimate of drug-likeness (QED) is 0.583. The highest BCUT2D eigenvalue weighted by atomic mass is 32.2. The number of hydrogen-bond donors (Lipinski definition) is 0. The third-order valence-corrected chi connectivity index (χ3v) is 3.48. The molecule has 84 valence electrons. The van der Waals surface area contributed by atoms with Crippen LogP contribution in [0.3, 0.4) is 0 Å². The van der Waals surface area contributed by atoms with E-state index in [1.165, 1.54) is 20.1 Å². The predicted octanol–water partition coefficient (Wildman–Crippen LogP) is 1.69. The molecule has 15 heavy (non-hydrogen) atoms. The molecule has 0 aliphatic carbocycles. The maximum atomic E-state index is 11.7. The molecule has 0 spiro atoms. The molecule has 1 atom stereocenters. The van der Waals surface area contributed by atoms with Crippen LogP contribution in [-0.2, 0) is 19.0 Å². The highest BCUT2D eigenvalue weighted by Crippen LogP contribution is 2.18. The number of rotatable bonds is 4. The lowest BCUT2D eigenvalue weighted by Gasteiger charge is -2.12. The summed E-state index contributed by atoms with van der Waals surface area (Å²) in [6.45, 7) is 3.24. The molecule has 0 saturated carbocycles. The fraction of sp³-hybridized carbons (Fsp3) is 0.400. The van der Waals surface area contributed by atoms with Gasteiger partial charge in [0.1, 0.15) is 0 Å². The molecule has 5 heteroatoms. The lowest BCUT2D eigenvalue weighted by molar-refractivity contribution is -0.0336. The van der Waals surface area contributed by atoms with Crippen molar-refractivity contribution in [1.82, 2.24) is 0 Å². The zero-order chi connectivity index (χ0) is 11.5. The van der Waals surface area contributed by atoms with Crippen LogP contribution < -0.4 is 0 Å². The van der Waals surface area contributed by atoms with Gasteiger partial charge in [-0.3, -0.25) is 0 Å². The minimum Gasteiger partial charge on any atom is -0.355 e. The second-order valence-corrected chi connectivity index (χ2v) is 4.66. The molecule has 1 aromatic rings. The van der Waals surface area contributed by atoms with Crippen molar-refractivity contribution in [2.45, 2.75) is 25.0 Å². The van der Waals surface area contributed by atoms with E-state index >= 15 is 0 Å². The van der Waals surface area contributed by atoms with Gasteiger partial charge < -0.3 is 4.74 Å². The van der Waals surface area contributed by atoms with E-state index in [2.05, 4.69) is 0 Å². The summed E-state index contributed by atoms with van der Waals surface area (Å²) in [6, 6.07) is 6.65. The van der Waals surface area contributed by atoms with Crippen molar-refractivity contribution in [2.75, 3.05) is 7.11 Å². The first-order valence-electron chi connectivity index (χ1n) is 4.49. The number of methoxy groups -OCH3 is 1. The van der Waals surface area contributed by atoms with Crippen LogP contribution in [0.5, 0.6) is 0 Å². The van der Waals surface area contributed by atoms with Crippen molar-refractivity contribution in [3.05, 3.63) is 29.8 Å². The second-order valence-electron chi connectivity index (χ2n) is 3.12. The Labute approximate surface area is 90.0 Å². The molecule has 0 amide bonds. The van der Waals surface area contributed by atoms with Crippen LogP contribution in [0.25, 0.3) is 0 Å². The van der Waals surface area contributed by atoms with Gasteiger partial charge in [0.05, 0.1) is 4.90 Å². The summed E-state index contributed by atoms with van der Waals surface area (Å²) in [5.41, 5.74) is 0.654. The Morgan fingerprint density at radius 2 is 1.87 bits per heavy atom. The van der Waals surface area contributed by atoms with E-state index in [0.717, 1.165) is 0 Å².